The van der Waals surface area contributed by atoms with Crippen molar-refractivity contribution in [1.29, 1.82) is 0 Å². The van der Waals surface area contributed by atoms with Crippen LogP contribution in [0.15, 0.2) is 12.4 Å². The molecule has 0 aliphatic carbocycles. The minimum absolute atomic E-state index is 0.0357. The van der Waals surface area contributed by atoms with E-state index in [1.807, 2.05) is 4.90 Å². The van der Waals surface area contributed by atoms with Gasteiger partial charge in [0.1, 0.15) is 5.82 Å². The molecule has 1 aliphatic rings. The number of nitrogens with zero attached hydrogens (tertiary/aromatic N) is 2. The van der Waals surface area contributed by atoms with Crippen molar-refractivity contribution in [2.75, 3.05) is 26.2 Å². The lowest BCUT2D eigenvalue weighted by atomic mass is 10.1. The van der Waals surface area contributed by atoms with Crippen LogP contribution in [0.4, 0.5) is 0 Å². The average molecular weight is 266 g/mol. The van der Waals surface area contributed by atoms with Crippen LogP contribution in [-0.4, -0.2) is 58.2 Å². The smallest absolute Gasteiger partial charge is 0.234 e. The van der Waals surface area contributed by atoms with Gasteiger partial charge in [-0.25, -0.2) is 4.98 Å². The lowest BCUT2D eigenvalue weighted by Crippen LogP contribution is -2.44. The summed E-state index contributed by atoms with van der Waals surface area (Å²) in [6.45, 7) is 2.56. The highest BCUT2D eigenvalue weighted by Crippen LogP contribution is 2.08. The number of rotatable bonds is 6. The molecule has 19 heavy (non-hydrogen) atoms. The molecule has 0 aromatic carbocycles. The minimum Gasteiger partial charge on any atom is -0.392 e. The number of hydrogen-bond acceptors (Lipinski definition) is 4. The number of β-amino-alcohol motifs (C(OH)–C–C–N with tert-alkyl or cyclic N) is 1. The SMILES string of the molecule is O=C(CN1CCCC(O)C1)NCCCc1ncc[nH]1. The molecule has 3 N–H and O–H groups in total. The van der Waals surface area contributed by atoms with E-state index in [1.54, 1.807) is 12.4 Å². The molecule has 6 nitrogen and oxygen atoms in total. The van der Waals surface area contributed by atoms with Crippen LogP contribution in [0.5, 0.6) is 0 Å². The van der Waals surface area contributed by atoms with E-state index in [4.69, 9.17) is 0 Å². The quantitative estimate of drug-likeness (QED) is 0.629. The Morgan fingerprint density at radius 3 is 3.26 bits per heavy atom. The Morgan fingerprint density at radius 1 is 1.63 bits per heavy atom. The average Bonchev–Trinajstić information content (AvgIpc) is 2.88. The van der Waals surface area contributed by atoms with E-state index in [9.17, 15) is 9.90 Å². The van der Waals surface area contributed by atoms with Gasteiger partial charge in [-0.15, -0.1) is 0 Å². The molecule has 1 saturated heterocycles. The van der Waals surface area contributed by atoms with E-state index in [-0.39, 0.29) is 12.0 Å². The van der Waals surface area contributed by atoms with Crippen molar-refractivity contribution in [3.05, 3.63) is 18.2 Å². The third-order valence-corrected chi connectivity index (χ3v) is 3.32. The number of aliphatic hydroxyl groups excluding tert-OH is 1. The van der Waals surface area contributed by atoms with Gasteiger partial charge in [-0.1, -0.05) is 0 Å². The number of H-pyrrole nitrogens is 1. The van der Waals surface area contributed by atoms with Crippen LogP contribution in [0.1, 0.15) is 25.1 Å². The van der Waals surface area contributed by atoms with Gasteiger partial charge in [0.15, 0.2) is 0 Å². The van der Waals surface area contributed by atoms with Crippen LogP contribution in [0.3, 0.4) is 0 Å². The number of aliphatic hydroxyl groups is 1. The molecule has 1 aliphatic heterocycles. The van der Waals surface area contributed by atoms with Gasteiger partial charge < -0.3 is 15.4 Å². The third kappa shape index (κ3) is 5.00. The minimum atomic E-state index is -0.277. The van der Waals surface area contributed by atoms with E-state index < -0.39 is 0 Å². The molecule has 2 heterocycles. The van der Waals surface area contributed by atoms with E-state index in [0.29, 0.717) is 19.6 Å². The normalized spacial score (nSPS) is 20.4. The molecule has 1 amide bonds. The van der Waals surface area contributed by atoms with Gasteiger partial charge in [-0.05, 0) is 25.8 Å². The molecule has 6 heteroatoms. The summed E-state index contributed by atoms with van der Waals surface area (Å²) >= 11 is 0. The number of imidazole rings is 1. The third-order valence-electron chi connectivity index (χ3n) is 3.32. The second-order valence-corrected chi connectivity index (χ2v) is 5.02. The first-order valence-corrected chi connectivity index (χ1v) is 6.89. The van der Waals surface area contributed by atoms with Gasteiger partial charge >= 0.3 is 0 Å². The van der Waals surface area contributed by atoms with Crippen LogP contribution in [0.25, 0.3) is 0 Å². The topological polar surface area (TPSA) is 81.2 Å². The molecule has 106 valence electrons. The Morgan fingerprint density at radius 2 is 2.53 bits per heavy atom. The maximum absolute atomic E-state index is 11.7. The predicted octanol–water partition coefficient (Wildman–Crippen LogP) is -0.0848. The zero-order valence-corrected chi connectivity index (χ0v) is 11.1. The molecule has 0 saturated carbocycles. The van der Waals surface area contributed by atoms with Crippen LogP contribution in [0.2, 0.25) is 0 Å². The lowest BCUT2D eigenvalue weighted by Gasteiger charge is -2.29. The standard InChI is InChI=1S/C13H22N4O2/c18-11-3-2-8-17(9-11)10-13(19)16-5-1-4-12-14-6-7-15-12/h6-7,11,18H,1-5,8-10H2,(H,14,15)(H,16,19). The Bertz CT molecular complexity index is 380. The van der Waals surface area contributed by atoms with Crippen molar-refractivity contribution < 1.29 is 9.90 Å². The summed E-state index contributed by atoms with van der Waals surface area (Å²) in [5, 5.41) is 12.4. The van der Waals surface area contributed by atoms with Gasteiger partial charge in [-0.3, -0.25) is 9.69 Å². The van der Waals surface area contributed by atoms with Crippen LogP contribution in [0, 0.1) is 0 Å². The molecule has 1 atom stereocenters. The number of aromatic nitrogens is 2. The van der Waals surface area contributed by atoms with Crippen molar-refractivity contribution >= 4 is 5.91 Å². The highest BCUT2D eigenvalue weighted by Gasteiger charge is 2.19. The van der Waals surface area contributed by atoms with Crippen molar-refractivity contribution in [3.8, 4) is 0 Å². The fraction of sp³-hybridized carbons (Fsp3) is 0.692. The molecular weight excluding hydrogens is 244 g/mol. The first-order chi connectivity index (χ1) is 9.24. The van der Waals surface area contributed by atoms with E-state index in [2.05, 4.69) is 15.3 Å². The summed E-state index contributed by atoms with van der Waals surface area (Å²) in [6, 6.07) is 0. The molecule has 1 aromatic rings. The van der Waals surface area contributed by atoms with Crippen molar-refractivity contribution in [1.82, 2.24) is 20.2 Å². The van der Waals surface area contributed by atoms with Crippen LogP contribution < -0.4 is 5.32 Å². The number of amides is 1. The second-order valence-electron chi connectivity index (χ2n) is 5.02. The summed E-state index contributed by atoms with van der Waals surface area (Å²) in [6.07, 6.45) is 6.79. The molecule has 1 unspecified atom stereocenters. The zero-order chi connectivity index (χ0) is 13.5. The van der Waals surface area contributed by atoms with Gasteiger partial charge in [0.05, 0.1) is 12.6 Å². The molecule has 1 aromatic heterocycles. The maximum atomic E-state index is 11.7. The Balaban J connectivity index is 1.56. The van der Waals surface area contributed by atoms with E-state index in [0.717, 1.165) is 38.1 Å². The number of hydrogen-bond donors (Lipinski definition) is 3. The highest BCUT2D eigenvalue weighted by molar-refractivity contribution is 5.77. The van der Waals surface area contributed by atoms with Crippen LogP contribution in [-0.2, 0) is 11.2 Å². The highest BCUT2D eigenvalue weighted by atomic mass is 16.3. The summed E-state index contributed by atoms with van der Waals surface area (Å²) in [7, 11) is 0. The van der Waals surface area contributed by atoms with Gasteiger partial charge in [0.25, 0.3) is 0 Å². The van der Waals surface area contributed by atoms with Crippen molar-refractivity contribution in [2.24, 2.45) is 0 Å². The number of nitrogens with one attached hydrogen (secondary N) is 2. The number of carbonyl (C=O) groups excluding carboxylic acids is 1. The lowest BCUT2D eigenvalue weighted by molar-refractivity contribution is -0.122. The predicted molar refractivity (Wildman–Crippen MR) is 71.6 cm³/mol. The summed E-state index contributed by atoms with van der Waals surface area (Å²) < 4.78 is 0. The van der Waals surface area contributed by atoms with E-state index in [1.165, 1.54) is 0 Å². The van der Waals surface area contributed by atoms with Gasteiger partial charge in [0, 0.05) is 31.9 Å². The number of aromatic amines is 1. The molecule has 0 bridgehead atoms. The largest absolute Gasteiger partial charge is 0.392 e. The number of piperidine rings is 1. The zero-order valence-electron chi connectivity index (χ0n) is 11.1. The molecule has 1 fully saturated rings. The Labute approximate surface area is 113 Å². The maximum Gasteiger partial charge on any atom is 0.234 e. The fourth-order valence-electron chi connectivity index (χ4n) is 2.35. The Hall–Kier alpha value is -1.40. The second kappa shape index (κ2) is 7.25. The summed E-state index contributed by atoms with van der Waals surface area (Å²) in [4.78, 5) is 20.9. The summed E-state index contributed by atoms with van der Waals surface area (Å²) in [5.74, 6) is 0.988. The van der Waals surface area contributed by atoms with Gasteiger partial charge in [0.2, 0.25) is 5.91 Å². The van der Waals surface area contributed by atoms with Crippen molar-refractivity contribution in [3.63, 3.8) is 0 Å². The molecule has 0 radical (unpaired) electrons. The fourth-order valence-corrected chi connectivity index (χ4v) is 2.35. The Kier molecular flexibility index (Phi) is 5.35. The first kappa shape index (κ1) is 14.0. The molecular formula is C13H22N4O2. The van der Waals surface area contributed by atoms with Crippen molar-refractivity contribution in [2.45, 2.75) is 31.8 Å². The molecule has 2 rings (SSSR count). The summed E-state index contributed by atoms with van der Waals surface area (Å²) in [5.41, 5.74) is 0. The number of carbonyl (C=O) groups is 1. The van der Waals surface area contributed by atoms with E-state index >= 15 is 0 Å². The monoisotopic (exact) mass is 266 g/mol. The molecule has 0 spiro atoms. The first-order valence-electron chi connectivity index (χ1n) is 6.89. The number of aryl methyl sites for hydroxylation is 1. The van der Waals surface area contributed by atoms with Crippen LogP contribution >= 0.6 is 0 Å². The number of likely N-dealkylation sites (tertiary alicyclic amines) is 1. The van der Waals surface area contributed by atoms with Gasteiger partial charge in [-0.2, -0.15) is 0 Å².